The number of nitrogens with zero attached hydrogens (tertiary/aromatic N) is 1. The van der Waals surface area contributed by atoms with Crippen LogP contribution in [0.3, 0.4) is 0 Å². The molecule has 24 heavy (non-hydrogen) atoms. The standard InChI is InChI=1S/C20H30N2O2/c1-14-11-15(2)18(16(3)12-14)5-9-21-19(24)22-10-6-17(23)13-20(22)7-4-8-20/h11-12,17,23H,4-10,13H2,1-3H3,(H,21,24). The number of carbonyl (C=O) groups is 1. The zero-order valence-electron chi connectivity index (χ0n) is 15.2. The molecule has 2 fully saturated rings. The summed E-state index contributed by atoms with van der Waals surface area (Å²) in [5, 5.41) is 13.1. The number of likely N-dealkylation sites (tertiary alicyclic amines) is 1. The molecule has 1 heterocycles. The molecule has 1 saturated carbocycles. The van der Waals surface area contributed by atoms with Gasteiger partial charge in [-0.1, -0.05) is 17.7 Å². The molecular weight excluding hydrogens is 300 g/mol. The molecule has 2 N–H and O–H groups in total. The Morgan fingerprint density at radius 3 is 2.54 bits per heavy atom. The first-order chi connectivity index (χ1) is 11.4. The summed E-state index contributed by atoms with van der Waals surface area (Å²) in [5.74, 6) is 0. The third-order valence-electron chi connectivity index (χ3n) is 5.90. The molecule has 0 bridgehead atoms. The summed E-state index contributed by atoms with van der Waals surface area (Å²) in [6.45, 7) is 7.75. The Labute approximate surface area is 145 Å². The Balaban J connectivity index is 1.58. The molecule has 1 atom stereocenters. The average molecular weight is 330 g/mol. The van der Waals surface area contributed by atoms with Gasteiger partial charge >= 0.3 is 6.03 Å². The molecule has 1 spiro atoms. The van der Waals surface area contributed by atoms with Gasteiger partial charge in [-0.3, -0.25) is 0 Å². The number of carbonyl (C=O) groups excluding carboxylic acids is 1. The van der Waals surface area contributed by atoms with E-state index in [0.29, 0.717) is 19.5 Å². The van der Waals surface area contributed by atoms with Crippen molar-refractivity contribution >= 4 is 6.03 Å². The maximum absolute atomic E-state index is 12.7. The Bertz CT molecular complexity index is 599. The zero-order valence-corrected chi connectivity index (χ0v) is 15.2. The largest absolute Gasteiger partial charge is 0.393 e. The highest BCUT2D eigenvalue weighted by Gasteiger charge is 2.48. The van der Waals surface area contributed by atoms with E-state index in [9.17, 15) is 9.90 Å². The number of aliphatic hydroxyl groups is 1. The molecule has 132 valence electrons. The summed E-state index contributed by atoms with van der Waals surface area (Å²) in [4.78, 5) is 14.7. The van der Waals surface area contributed by atoms with E-state index in [2.05, 4.69) is 38.2 Å². The Morgan fingerprint density at radius 1 is 1.29 bits per heavy atom. The lowest BCUT2D eigenvalue weighted by molar-refractivity contribution is -0.0398. The van der Waals surface area contributed by atoms with Crippen LogP contribution in [0.25, 0.3) is 0 Å². The second-order valence-electron chi connectivity index (χ2n) is 7.74. The summed E-state index contributed by atoms with van der Waals surface area (Å²) < 4.78 is 0. The van der Waals surface area contributed by atoms with Gasteiger partial charge in [0.1, 0.15) is 0 Å². The van der Waals surface area contributed by atoms with E-state index in [1.54, 1.807) is 0 Å². The molecule has 0 radical (unpaired) electrons. The van der Waals surface area contributed by atoms with Crippen molar-refractivity contribution in [2.45, 2.75) is 70.9 Å². The number of nitrogens with one attached hydrogen (secondary N) is 1. The van der Waals surface area contributed by atoms with Gasteiger partial charge in [-0.15, -0.1) is 0 Å². The van der Waals surface area contributed by atoms with Crippen molar-refractivity contribution in [2.75, 3.05) is 13.1 Å². The molecule has 1 aromatic carbocycles. The van der Waals surface area contributed by atoms with Crippen molar-refractivity contribution in [3.05, 3.63) is 34.4 Å². The zero-order chi connectivity index (χ0) is 17.3. The first-order valence-electron chi connectivity index (χ1n) is 9.21. The molecule has 2 amide bonds. The summed E-state index contributed by atoms with van der Waals surface area (Å²) in [6.07, 6.45) is 5.31. The van der Waals surface area contributed by atoms with Crippen LogP contribution in [0.2, 0.25) is 0 Å². The minimum Gasteiger partial charge on any atom is -0.393 e. The van der Waals surface area contributed by atoms with Crippen LogP contribution in [0.5, 0.6) is 0 Å². The highest BCUT2D eigenvalue weighted by Crippen LogP contribution is 2.44. The van der Waals surface area contributed by atoms with Crippen LogP contribution < -0.4 is 5.32 Å². The van der Waals surface area contributed by atoms with E-state index in [1.807, 2.05) is 4.90 Å². The Kier molecular flexibility index (Phi) is 4.86. The highest BCUT2D eigenvalue weighted by molar-refractivity contribution is 5.75. The van der Waals surface area contributed by atoms with Crippen LogP contribution >= 0.6 is 0 Å². The smallest absolute Gasteiger partial charge is 0.317 e. The van der Waals surface area contributed by atoms with E-state index >= 15 is 0 Å². The fraction of sp³-hybridized carbons (Fsp3) is 0.650. The molecule has 2 aliphatic rings. The van der Waals surface area contributed by atoms with Crippen LogP contribution in [0.15, 0.2) is 12.1 Å². The predicted molar refractivity (Wildman–Crippen MR) is 96.3 cm³/mol. The van der Waals surface area contributed by atoms with Gasteiger partial charge in [-0.25, -0.2) is 4.79 Å². The lowest BCUT2D eigenvalue weighted by Gasteiger charge is -2.54. The molecule has 1 aliphatic heterocycles. The third kappa shape index (κ3) is 3.30. The van der Waals surface area contributed by atoms with Crippen molar-refractivity contribution in [3.63, 3.8) is 0 Å². The number of aryl methyl sites for hydroxylation is 3. The topological polar surface area (TPSA) is 52.6 Å². The van der Waals surface area contributed by atoms with Gasteiger partial charge in [-0.05, 0) is 76.0 Å². The fourth-order valence-corrected chi connectivity index (χ4v) is 4.54. The Hall–Kier alpha value is -1.55. The summed E-state index contributed by atoms with van der Waals surface area (Å²) in [5.41, 5.74) is 5.17. The van der Waals surface area contributed by atoms with Crippen LogP contribution in [-0.2, 0) is 6.42 Å². The van der Waals surface area contributed by atoms with Crippen LogP contribution in [0.4, 0.5) is 4.79 Å². The van der Waals surface area contributed by atoms with E-state index < -0.39 is 0 Å². The van der Waals surface area contributed by atoms with Gasteiger partial charge in [0.05, 0.1) is 6.10 Å². The maximum Gasteiger partial charge on any atom is 0.317 e. The van der Waals surface area contributed by atoms with Crippen molar-refractivity contribution in [1.29, 1.82) is 0 Å². The number of piperidine rings is 1. The number of aliphatic hydroxyl groups excluding tert-OH is 1. The van der Waals surface area contributed by atoms with E-state index in [0.717, 1.165) is 32.1 Å². The van der Waals surface area contributed by atoms with Gasteiger partial charge in [-0.2, -0.15) is 0 Å². The Morgan fingerprint density at radius 2 is 1.96 bits per heavy atom. The van der Waals surface area contributed by atoms with Gasteiger partial charge in [0.25, 0.3) is 0 Å². The van der Waals surface area contributed by atoms with E-state index in [-0.39, 0.29) is 17.7 Å². The van der Waals surface area contributed by atoms with Crippen LogP contribution in [0, 0.1) is 20.8 Å². The molecular formula is C20H30N2O2. The maximum atomic E-state index is 12.7. The SMILES string of the molecule is Cc1cc(C)c(CCNC(=O)N2CCC(O)CC23CCC3)c(C)c1. The molecule has 0 aromatic heterocycles. The molecule has 1 aliphatic carbocycles. The molecule has 1 aromatic rings. The van der Waals surface area contributed by atoms with Crippen molar-refractivity contribution < 1.29 is 9.90 Å². The van der Waals surface area contributed by atoms with Gasteiger partial charge < -0.3 is 15.3 Å². The van der Waals surface area contributed by atoms with Gasteiger partial charge in [0, 0.05) is 18.6 Å². The fourth-order valence-electron chi connectivity index (χ4n) is 4.54. The average Bonchev–Trinajstić information content (AvgIpc) is 2.47. The first kappa shape index (κ1) is 17.3. The quantitative estimate of drug-likeness (QED) is 0.894. The van der Waals surface area contributed by atoms with Crippen molar-refractivity contribution in [2.24, 2.45) is 0 Å². The number of urea groups is 1. The summed E-state index contributed by atoms with van der Waals surface area (Å²) in [6, 6.07) is 4.46. The number of rotatable bonds is 3. The molecule has 4 nitrogen and oxygen atoms in total. The number of hydrogen-bond donors (Lipinski definition) is 2. The second kappa shape index (κ2) is 6.75. The number of amides is 2. The predicted octanol–water partition coefficient (Wildman–Crippen LogP) is 3.24. The molecule has 1 saturated heterocycles. The van der Waals surface area contributed by atoms with Crippen molar-refractivity contribution in [3.8, 4) is 0 Å². The monoisotopic (exact) mass is 330 g/mol. The minimum atomic E-state index is -0.243. The highest BCUT2D eigenvalue weighted by atomic mass is 16.3. The number of benzene rings is 1. The van der Waals surface area contributed by atoms with E-state index in [4.69, 9.17) is 0 Å². The molecule has 4 heteroatoms. The summed E-state index contributed by atoms with van der Waals surface area (Å²) >= 11 is 0. The van der Waals surface area contributed by atoms with Crippen LogP contribution in [0.1, 0.15) is 54.4 Å². The molecule has 3 rings (SSSR count). The number of hydrogen-bond acceptors (Lipinski definition) is 2. The minimum absolute atomic E-state index is 0.0454. The lowest BCUT2D eigenvalue weighted by Crippen LogP contribution is -2.63. The lowest BCUT2D eigenvalue weighted by atomic mass is 9.69. The molecule has 1 unspecified atom stereocenters. The summed E-state index contributed by atoms with van der Waals surface area (Å²) in [7, 11) is 0. The van der Waals surface area contributed by atoms with Crippen LogP contribution in [-0.4, -0.2) is 40.8 Å². The second-order valence-corrected chi connectivity index (χ2v) is 7.74. The van der Waals surface area contributed by atoms with E-state index in [1.165, 1.54) is 22.3 Å². The normalized spacial score (nSPS) is 22.3. The van der Waals surface area contributed by atoms with Gasteiger partial charge in [0.2, 0.25) is 0 Å². The third-order valence-corrected chi connectivity index (χ3v) is 5.90. The van der Waals surface area contributed by atoms with Gasteiger partial charge in [0.15, 0.2) is 0 Å². The van der Waals surface area contributed by atoms with Crippen molar-refractivity contribution in [1.82, 2.24) is 10.2 Å². The first-order valence-corrected chi connectivity index (χ1v) is 9.21.